The van der Waals surface area contributed by atoms with Crippen LogP contribution in [0.25, 0.3) is 0 Å². The molecule has 0 fully saturated rings. The maximum atomic E-state index is 13.4. The van der Waals surface area contributed by atoms with E-state index in [9.17, 15) is 31.5 Å². The summed E-state index contributed by atoms with van der Waals surface area (Å²) in [6, 6.07) is 7.02. The molecule has 5 nitrogen and oxygen atoms in total. The number of halogens is 5. The topological polar surface area (TPSA) is 79.2 Å². The first-order valence-electron chi connectivity index (χ1n) is 6.74. The van der Waals surface area contributed by atoms with Gasteiger partial charge in [0.25, 0.3) is 5.91 Å². The first-order chi connectivity index (χ1) is 12.3. The lowest BCUT2D eigenvalue weighted by molar-refractivity contribution is -0.119. The molecule has 0 radical (unpaired) electrons. The van der Waals surface area contributed by atoms with Crippen molar-refractivity contribution in [2.45, 2.75) is 0 Å². The minimum Gasteiger partial charge on any atom is -0.452 e. The summed E-state index contributed by atoms with van der Waals surface area (Å²) in [5, 5.41) is 10.2. The van der Waals surface area contributed by atoms with Crippen molar-refractivity contribution in [1.29, 1.82) is 5.26 Å². The van der Waals surface area contributed by atoms with Crippen LogP contribution in [0.4, 0.5) is 27.6 Å². The molecule has 134 valence electrons. The number of ether oxygens (including phenoxy) is 1. The predicted octanol–water partition coefficient (Wildman–Crippen LogP) is 3.05. The molecule has 0 saturated heterocycles. The van der Waals surface area contributed by atoms with Crippen LogP contribution in [-0.4, -0.2) is 18.5 Å². The Hall–Kier alpha value is -3.48. The van der Waals surface area contributed by atoms with E-state index >= 15 is 0 Å². The molecule has 0 heterocycles. The molecule has 0 unspecified atom stereocenters. The van der Waals surface area contributed by atoms with Gasteiger partial charge in [-0.25, -0.2) is 26.7 Å². The third-order valence-corrected chi connectivity index (χ3v) is 3.04. The number of anilines is 1. The molecular formula is C16H7F5N2O3. The van der Waals surface area contributed by atoms with Crippen LogP contribution >= 0.6 is 0 Å². The third kappa shape index (κ3) is 3.77. The molecule has 0 aliphatic heterocycles. The van der Waals surface area contributed by atoms with Gasteiger partial charge in [-0.3, -0.25) is 4.79 Å². The average molecular weight is 370 g/mol. The van der Waals surface area contributed by atoms with E-state index in [1.807, 2.05) is 0 Å². The molecule has 0 bridgehead atoms. The zero-order valence-electron chi connectivity index (χ0n) is 12.6. The highest BCUT2D eigenvalue weighted by molar-refractivity contribution is 5.95. The van der Waals surface area contributed by atoms with E-state index in [-0.39, 0.29) is 11.1 Å². The van der Waals surface area contributed by atoms with Gasteiger partial charge in [0.2, 0.25) is 5.82 Å². The van der Waals surface area contributed by atoms with Gasteiger partial charge in [-0.15, -0.1) is 0 Å². The number of carbonyl (C=O) groups excluding carboxylic acids is 2. The van der Waals surface area contributed by atoms with Crippen LogP contribution in [0, 0.1) is 40.4 Å². The molecule has 1 amide bonds. The monoisotopic (exact) mass is 370 g/mol. The van der Waals surface area contributed by atoms with Crippen LogP contribution < -0.4 is 5.32 Å². The summed E-state index contributed by atoms with van der Waals surface area (Å²) in [4.78, 5) is 23.3. The number of carbonyl (C=O) groups is 2. The molecule has 0 aromatic heterocycles. The smallest absolute Gasteiger partial charge is 0.338 e. The summed E-state index contributed by atoms with van der Waals surface area (Å²) in [5.41, 5.74) is -1.49. The summed E-state index contributed by atoms with van der Waals surface area (Å²) in [6.07, 6.45) is 0. The van der Waals surface area contributed by atoms with Gasteiger partial charge in [-0.05, 0) is 18.2 Å². The van der Waals surface area contributed by atoms with E-state index in [4.69, 9.17) is 5.26 Å². The maximum absolute atomic E-state index is 13.4. The number of benzene rings is 2. The Bertz CT molecular complexity index is 911. The summed E-state index contributed by atoms with van der Waals surface area (Å²) in [7, 11) is 0. The van der Waals surface area contributed by atoms with Crippen molar-refractivity contribution in [2.75, 3.05) is 11.9 Å². The second-order valence-corrected chi connectivity index (χ2v) is 4.76. The molecule has 0 aliphatic carbocycles. The van der Waals surface area contributed by atoms with Crippen molar-refractivity contribution in [3.8, 4) is 6.07 Å². The number of hydrogen-bond acceptors (Lipinski definition) is 4. The van der Waals surface area contributed by atoms with E-state index in [0.717, 1.165) is 0 Å². The van der Waals surface area contributed by atoms with Crippen molar-refractivity contribution in [3.63, 3.8) is 0 Å². The van der Waals surface area contributed by atoms with Gasteiger partial charge in [0.1, 0.15) is 5.69 Å². The molecule has 2 rings (SSSR count). The van der Waals surface area contributed by atoms with Gasteiger partial charge in [-0.2, -0.15) is 5.26 Å². The first-order valence-corrected chi connectivity index (χ1v) is 6.74. The van der Waals surface area contributed by atoms with Gasteiger partial charge in [0.05, 0.1) is 17.2 Å². The molecule has 0 saturated carbocycles. The summed E-state index contributed by atoms with van der Waals surface area (Å²) >= 11 is 0. The Morgan fingerprint density at radius 1 is 1.00 bits per heavy atom. The molecule has 0 aliphatic rings. The van der Waals surface area contributed by atoms with Crippen LogP contribution in [0.15, 0.2) is 24.3 Å². The van der Waals surface area contributed by atoms with Gasteiger partial charge in [0.15, 0.2) is 29.9 Å². The number of nitrogens with one attached hydrogen (secondary N) is 1. The quantitative estimate of drug-likeness (QED) is 0.388. The normalized spacial score (nSPS) is 10.2. The number of esters is 1. The number of hydrogen-bond donors (Lipinski definition) is 1. The van der Waals surface area contributed by atoms with Crippen LogP contribution in [0.1, 0.15) is 15.9 Å². The van der Waals surface area contributed by atoms with Crippen molar-refractivity contribution in [3.05, 3.63) is 64.5 Å². The van der Waals surface area contributed by atoms with Crippen LogP contribution in [0.3, 0.4) is 0 Å². The molecule has 0 spiro atoms. The van der Waals surface area contributed by atoms with Gasteiger partial charge < -0.3 is 10.1 Å². The molecule has 10 heteroatoms. The van der Waals surface area contributed by atoms with E-state index < -0.39 is 53.3 Å². The SMILES string of the molecule is N#Cc1cccc(C(=O)OCC(=O)Nc2c(F)c(F)c(F)c(F)c2F)c1. The average Bonchev–Trinajstić information content (AvgIpc) is 2.66. The number of nitriles is 1. The van der Waals surface area contributed by atoms with Crippen molar-refractivity contribution in [2.24, 2.45) is 0 Å². The zero-order valence-corrected chi connectivity index (χ0v) is 12.6. The number of nitrogens with zero attached hydrogens (tertiary/aromatic N) is 1. The minimum atomic E-state index is -2.37. The van der Waals surface area contributed by atoms with Crippen molar-refractivity contribution >= 4 is 17.6 Å². The highest BCUT2D eigenvalue weighted by Gasteiger charge is 2.27. The van der Waals surface area contributed by atoms with Crippen molar-refractivity contribution in [1.82, 2.24) is 0 Å². The molecule has 2 aromatic carbocycles. The Labute approximate surface area is 142 Å². The van der Waals surface area contributed by atoms with Crippen LogP contribution in [0.2, 0.25) is 0 Å². The Morgan fingerprint density at radius 3 is 2.15 bits per heavy atom. The Kier molecular flexibility index (Phi) is 5.51. The van der Waals surface area contributed by atoms with Gasteiger partial charge >= 0.3 is 5.97 Å². The zero-order chi connectivity index (χ0) is 19.4. The lowest BCUT2D eigenvalue weighted by Gasteiger charge is -2.10. The third-order valence-electron chi connectivity index (χ3n) is 3.04. The highest BCUT2D eigenvalue weighted by atomic mass is 19.2. The number of rotatable bonds is 4. The molecular weight excluding hydrogens is 363 g/mol. The van der Waals surface area contributed by atoms with E-state index in [1.54, 1.807) is 6.07 Å². The fourth-order valence-electron chi connectivity index (χ4n) is 1.82. The predicted molar refractivity (Wildman–Crippen MR) is 76.3 cm³/mol. The van der Waals surface area contributed by atoms with Crippen LogP contribution in [-0.2, 0) is 9.53 Å². The van der Waals surface area contributed by atoms with E-state index in [1.165, 1.54) is 29.6 Å². The largest absolute Gasteiger partial charge is 0.452 e. The molecule has 2 aromatic rings. The lowest BCUT2D eigenvalue weighted by atomic mass is 10.1. The standard InChI is InChI=1S/C16H7F5N2O3/c17-10-11(18)13(20)15(14(21)12(10)19)23-9(24)6-26-16(25)8-3-1-2-7(4-8)5-22/h1-4H,6H2,(H,23,24). The van der Waals surface area contributed by atoms with Crippen LogP contribution in [0.5, 0.6) is 0 Å². The first kappa shape index (κ1) is 18.9. The summed E-state index contributed by atoms with van der Waals surface area (Å²) < 4.78 is 70.4. The fourth-order valence-corrected chi connectivity index (χ4v) is 1.82. The number of amides is 1. The maximum Gasteiger partial charge on any atom is 0.338 e. The highest BCUT2D eigenvalue weighted by Crippen LogP contribution is 2.27. The summed E-state index contributed by atoms with van der Waals surface area (Å²) in [5.74, 6) is -13.7. The lowest BCUT2D eigenvalue weighted by Crippen LogP contribution is -2.23. The van der Waals surface area contributed by atoms with E-state index in [0.29, 0.717) is 0 Å². The molecule has 26 heavy (non-hydrogen) atoms. The minimum absolute atomic E-state index is 0.0758. The van der Waals surface area contributed by atoms with Gasteiger partial charge in [0, 0.05) is 0 Å². The van der Waals surface area contributed by atoms with Gasteiger partial charge in [-0.1, -0.05) is 6.07 Å². The van der Waals surface area contributed by atoms with Crippen molar-refractivity contribution < 1.29 is 36.3 Å². The second-order valence-electron chi connectivity index (χ2n) is 4.76. The summed E-state index contributed by atoms with van der Waals surface area (Å²) in [6.45, 7) is -1.06. The van der Waals surface area contributed by atoms with E-state index in [2.05, 4.69) is 4.74 Å². The Balaban J connectivity index is 2.08. The Morgan fingerprint density at radius 2 is 1.58 bits per heavy atom. The second kappa shape index (κ2) is 7.60. The fraction of sp³-hybridized carbons (Fsp3) is 0.0625. The molecule has 1 N–H and O–H groups in total. The molecule has 0 atom stereocenters.